The second-order valence-electron chi connectivity index (χ2n) is 5.85. The normalized spacial score (nSPS) is 20.1. The number of aromatic amines is 1. The van der Waals surface area contributed by atoms with Gasteiger partial charge in [0.2, 0.25) is 0 Å². The second-order valence-corrected chi connectivity index (χ2v) is 5.85. The molecular weight excluding hydrogens is 262 g/mol. The van der Waals surface area contributed by atoms with Crippen LogP contribution in [0.4, 0.5) is 0 Å². The molecule has 1 aliphatic carbocycles. The van der Waals surface area contributed by atoms with Crippen molar-refractivity contribution < 1.29 is 4.74 Å². The van der Waals surface area contributed by atoms with E-state index in [2.05, 4.69) is 27.4 Å². The summed E-state index contributed by atoms with van der Waals surface area (Å²) >= 11 is 0. The summed E-state index contributed by atoms with van der Waals surface area (Å²) in [6, 6.07) is 4.74. The van der Waals surface area contributed by atoms with Gasteiger partial charge in [-0.25, -0.2) is 4.98 Å². The van der Waals surface area contributed by atoms with Crippen molar-refractivity contribution in [3.63, 3.8) is 0 Å². The van der Waals surface area contributed by atoms with Crippen molar-refractivity contribution in [3.8, 4) is 5.75 Å². The molecule has 0 saturated heterocycles. The Hall–Kier alpha value is -1.81. The molecule has 4 nitrogen and oxygen atoms in total. The van der Waals surface area contributed by atoms with Crippen molar-refractivity contribution >= 4 is 0 Å². The van der Waals surface area contributed by atoms with E-state index in [1.165, 1.54) is 41.6 Å². The number of nitrogens with one attached hydrogen (secondary N) is 2. The summed E-state index contributed by atoms with van der Waals surface area (Å²) in [7, 11) is 0. The molecule has 0 spiro atoms. The van der Waals surface area contributed by atoms with E-state index in [1.54, 1.807) is 6.33 Å². The zero-order valence-corrected chi connectivity index (χ0v) is 12.4. The Morgan fingerprint density at radius 2 is 2.10 bits per heavy atom. The van der Waals surface area contributed by atoms with Crippen molar-refractivity contribution in [2.75, 3.05) is 13.2 Å². The van der Waals surface area contributed by atoms with Crippen LogP contribution in [-0.2, 0) is 19.3 Å². The molecule has 1 aromatic heterocycles. The van der Waals surface area contributed by atoms with Gasteiger partial charge in [0.15, 0.2) is 0 Å². The molecule has 2 aromatic rings. The standard InChI is InChI=1S/C17H21N3O/c1-2-21-15-9-12-5-3-4-11(12)8-13(15)16-17-14(6-7-18-16)19-10-20-17/h8-10,16,18H,2-7H2,1H3,(H,19,20). The van der Waals surface area contributed by atoms with Gasteiger partial charge in [-0.05, 0) is 49.4 Å². The minimum Gasteiger partial charge on any atom is -0.494 e. The van der Waals surface area contributed by atoms with Crippen molar-refractivity contribution in [2.45, 2.75) is 38.6 Å². The summed E-state index contributed by atoms with van der Waals surface area (Å²) in [6.07, 6.45) is 6.45. The maximum Gasteiger partial charge on any atom is 0.124 e. The number of hydrogen-bond donors (Lipinski definition) is 2. The molecule has 0 saturated carbocycles. The third-order valence-corrected chi connectivity index (χ3v) is 4.58. The van der Waals surface area contributed by atoms with E-state index in [1.807, 2.05) is 6.92 Å². The molecule has 2 aliphatic rings. The van der Waals surface area contributed by atoms with Crippen molar-refractivity contribution in [1.29, 1.82) is 0 Å². The van der Waals surface area contributed by atoms with Gasteiger partial charge < -0.3 is 15.0 Å². The first kappa shape index (κ1) is 12.9. The number of aryl methyl sites for hydroxylation is 2. The molecule has 1 atom stereocenters. The second kappa shape index (κ2) is 5.19. The fourth-order valence-corrected chi connectivity index (χ4v) is 3.60. The largest absolute Gasteiger partial charge is 0.494 e. The lowest BCUT2D eigenvalue weighted by molar-refractivity contribution is 0.332. The van der Waals surface area contributed by atoms with Crippen LogP contribution in [0.2, 0.25) is 0 Å². The van der Waals surface area contributed by atoms with Crippen LogP contribution in [0.3, 0.4) is 0 Å². The van der Waals surface area contributed by atoms with Crippen LogP contribution in [0, 0.1) is 0 Å². The Bertz CT molecular complexity index is 662. The Morgan fingerprint density at radius 3 is 2.95 bits per heavy atom. The van der Waals surface area contributed by atoms with E-state index >= 15 is 0 Å². The van der Waals surface area contributed by atoms with Crippen molar-refractivity contribution in [2.24, 2.45) is 0 Å². The van der Waals surface area contributed by atoms with Crippen LogP contribution in [0.15, 0.2) is 18.5 Å². The van der Waals surface area contributed by atoms with E-state index in [0.717, 1.165) is 24.4 Å². The van der Waals surface area contributed by atoms with Gasteiger partial charge in [0.1, 0.15) is 5.75 Å². The third kappa shape index (κ3) is 2.14. The highest BCUT2D eigenvalue weighted by atomic mass is 16.5. The lowest BCUT2D eigenvalue weighted by Crippen LogP contribution is -2.31. The molecule has 2 N–H and O–H groups in total. The molecule has 0 fully saturated rings. The molecule has 0 radical (unpaired) electrons. The number of ether oxygens (including phenoxy) is 1. The molecule has 4 heteroatoms. The van der Waals surface area contributed by atoms with Gasteiger partial charge in [0, 0.05) is 24.2 Å². The summed E-state index contributed by atoms with van der Waals surface area (Å²) in [6.45, 7) is 3.72. The summed E-state index contributed by atoms with van der Waals surface area (Å²) < 4.78 is 5.93. The summed E-state index contributed by atoms with van der Waals surface area (Å²) in [5, 5.41) is 3.61. The zero-order valence-electron chi connectivity index (χ0n) is 12.4. The number of H-pyrrole nitrogens is 1. The van der Waals surface area contributed by atoms with Gasteiger partial charge in [-0.15, -0.1) is 0 Å². The first-order valence-corrected chi connectivity index (χ1v) is 7.91. The van der Waals surface area contributed by atoms with Gasteiger partial charge >= 0.3 is 0 Å². The highest BCUT2D eigenvalue weighted by Crippen LogP contribution is 2.37. The molecule has 0 bridgehead atoms. The first-order valence-electron chi connectivity index (χ1n) is 7.91. The molecule has 2 heterocycles. The average molecular weight is 283 g/mol. The molecule has 4 rings (SSSR count). The molecule has 110 valence electrons. The van der Waals surface area contributed by atoms with Gasteiger partial charge in [-0.3, -0.25) is 0 Å². The smallest absolute Gasteiger partial charge is 0.124 e. The minimum atomic E-state index is 0.146. The summed E-state index contributed by atoms with van der Waals surface area (Å²) in [4.78, 5) is 7.80. The summed E-state index contributed by atoms with van der Waals surface area (Å²) in [5.74, 6) is 1.02. The fraction of sp³-hybridized carbons (Fsp3) is 0.471. The van der Waals surface area contributed by atoms with E-state index in [0.29, 0.717) is 6.61 Å². The van der Waals surface area contributed by atoms with Crippen LogP contribution in [0.1, 0.15) is 47.5 Å². The van der Waals surface area contributed by atoms with Gasteiger partial charge in [0.25, 0.3) is 0 Å². The quantitative estimate of drug-likeness (QED) is 0.910. The topological polar surface area (TPSA) is 49.9 Å². The molecule has 1 aromatic carbocycles. The highest BCUT2D eigenvalue weighted by molar-refractivity contribution is 5.49. The van der Waals surface area contributed by atoms with Crippen molar-refractivity contribution in [3.05, 3.63) is 46.5 Å². The third-order valence-electron chi connectivity index (χ3n) is 4.58. The van der Waals surface area contributed by atoms with E-state index in [9.17, 15) is 0 Å². The molecule has 1 aliphatic heterocycles. The van der Waals surface area contributed by atoms with Crippen LogP contribution >= 0.6 is 0 Å². The number of fused-ring (bicyclic) bond motifs is 2. The summed E-state index contributed by atoms with van der Waals surface area (Å²) in [5.41, 5.74) is 6.56. The zero-order chi connectivity index (χ0) is 14.2. The maximum atomic E-state index is 5.93. The number of nitrogens with zero attached hydrogens (tertiary/aromatic N) is 1. The first-order chi connectivity index (χ1) is 10.4. The lowest BCUT2D eigenvalue weighted by atomic mass is 9.94. The fourth-order valence-electron chi connectivity index (χ4n) is 3.60. The predicted octanol–water partition coefficient (Wildman–Crippen LogP) is 2.53. The van der Waals surface area contributed by atoms with Gasteiger partial charge in [-0.2, -0.15) is 0 Å². The van der Waals surface area contributed by atoms with Crippen molar-refractivity contribution in [1.82, 2.24) is 15.3 Å². The number of imidazole rings is 1. The Kier molecular flexibility index (Phi) is 3.19. The maximum absolute atomic E-state index is 5.93. The Balaban J connectivity index is 1.81. The number of rotatable bonds is 3. The van der Waals surface area contributed by atoms with Crippen LogP contribution < -0.4 is 10.1 Å². The Morgan fingerprint density at radius 1 is 1.24 bits per heavy atom. The van der Waals surface area contributed by atoms with Gasteiger partial charge in [-0.1, -0.05) is 0 Å². The van der Waals surface area contributed by atoms with Gasteiger partial charge in [0.05, 0.1) is 24.7 Å². The van der Waals surface area contributed by atoms with E-state index < -0.39 is 0 Å². The number of aromatic nitrogens is 2. The molecule has 21 heavy (non-hydrogen) atoms. The van der Waals surface area contributed by atoms with E-state index in [4.69, 9.17) is 4.74 Å². The molecule has 0 amide bonds. The monoisotopic (exact) mass is 283 g/mol. The SMILES string of the molecule is CCOc1cc2c(cc1C1NCCc3[nH]cnc31)CCC2. The number of benzene rings is 1. The Labute approximate surface area is 124 Å². The minimum absolute atomic E-state index is 0.146. The molecule has 1 unspecified atom stereocenters. The van der Waals surface area contributed by atoms with Crippen LogP contribution in [0.5, 0.6) is 5.75 Å². The van der Waals surface area contributed by atoms with Crippen LogP contribution in [-0.4, -0.2) is 23.1 Å². The number of hydrogen-bond acceptors (Lipinski definition) is 3. The van der Waals surface area contributed by atoms with E-state index in [-0.39, 0.29) is 6.04 Å². The molecular formula is C17H21N3O. The predicted molar refractivity (Wildman–Crippen MR) is 81.8 cm³/mol. The lowest BCUT2D eigenvalue weighted by Gasteiger charge is -2.26. The highest BCUT2D eigenvalue weighted by Gasteiger charge is 2.28. The average Bonchev–Trinajstić information content (AvgIpc) is 3.14. The van der Waals surface area contributed by atoms with Crippen LogP contribution in [0.25, 0.3) is 0 Å².